The highest BCUT2D eigenvalue weighted by Gasteiger charge is 2.06. The van der Waals surface area contributed by atoms with Crippen molar-refractivity contribution in [3.05, 3.63) is 52.0 Å². The standard InChI is InChI=1S/C14H15BrN2/c1-9-5-4-8-12(13(9)15)17-14-10(2)6-3-7-11(14)16/h3-8,17H,16H2,1-2H3. The van der Waals surface area contributed by atoms with Gasteiger partial charge in [-0.2, -0.15) is 0 Å². The number of para-hydroxylation sites is 1. The van der Waals surface area contributed by atoms with Gasteiger partial charge in [-0.1, -0.05) is 24.3 Å². The highest BCUT2D eigenvalue weighted by Crippen LogP contribution is 2.32. The van der Waals surface area contributed by atoms with Gasteiger partial charge in [0.2, 0.25) is 0 Å². The van der Waals surface area contributed by atoms with Gasteiger partial charge in [-0.25, -0.2) is 0 Å². The van der Waals surface area contributed by atoms with Crippen LogP contribution in [0.25, 0.3) is 0 Å². The molecule has 88 valence electrons. The Bertz CT molecular complexity index is 530. The summed E-state index contributed by atoms with van der Waals surface area (Å²) in [5.74, 6) is 0. The number of aryl methyl sites for hydroxylation is 2. The number of rotatable bonds is 2. The molecule has 17 heavy (non-hydrogen) atoms. The first-order valence-electron chi connectivity index (χ1n) is 5.47. The maximum absolute atomic E-state index is 5.98. The number of nitrogen functional groups attached to an aromatic ring is 1. The molecule has 0 aliphatic rings. The molecule has 2 aromatic rings. The van der Waals surface area contributed by atoms with Gasteiger partial charge in [0, 0.05) is 4.47 Å². The molecule has 0 spiro atoms. The monoisotopic (exact) mass is 290 g/mol. The van der Waals surface area contributed by atoms with E-state index in [1.807, 2.05) is 37.3 Å². The topological polar surface area (TPSA) is 38.0 Å². The van der Waals surface area contributed by atoms with Crippen LogP contribution in [0, 0.1) is 13.8 Å². The van der Waals surface area contributed by atoms with Crippen molar-refractivity contribution in [2.45, 2.75) is 13.8 Å². The third-order valence-corrected chi connectivity index (χ3v) is 3.81. The highest BCUT2D eigenvalue weighted by atomic mass is 79.9. The summed E-state index contributed by atoms with van der Waals surface area (Å²) in [4.78, 5) is 0. The molecule has 0 fully saturated rings. The quantitative estimate of drug-likeness (QED) is 0.805. The third-order valence-electron chi connectivity index (χ3n) is 2.76. The minimum absolute atomic E-state index is 0.762. The Kier molecular flexibility index (Phi) is 3.38. The van der Waals surface area contributed by atoms with Gasteiger partial charge < -0.3 is 11.1 Å². The molecule has 0 aliphatic heterocycles. The molecular weight excluding hydrogens is 276 g/mol. The van der Waals surface area contributed by atoms with Crippen LogP contribution in [0.5, 0.6) is 0 Å². The molecular formula is C14H15BrN2. The number of nitrogens with one attached hydrogen (secondary N) is 1. The molecule has 2 rings (SSSR count). The van der Waals surface area contributed by atoms with Crippen molar-refractivity contribution in [3.63, 3.8) is 0 Å². The zero-order valence-corrected chi connectivity index (χ0v) is 11.5. The fraction of sp³-hybridized carbons (Fsp3) is 0.143. The third kappa shape index (κ3) is 2.44. The van der Waals surface area contributed by atoms with E-state index in [0.29, 0.717) is 0 Å². The summed E-state index contributed by atoms with van der Waals surface area (Å²) in [6.45, 7) is 4.11. The minimum atomic E-state index is 0.762. The Balaban J connectivity index is 2.42. The summed E-state index contributed by atoms with van der Waals surface area (Å²) in [5, 5.41) is 3.38. The van der Waals surface area contributed by atoms with Crippen LogP contribution in [0.4, 0.5) is 17.1 Å². The van der Waals surface area contributed by atoms with E-state index in [0.717, 1.165) is 27.1 Å². The number of hydrogen-bond donors (Lipinski definition) is 2. The second kappa shape index (κ2) is 4.80. The fourth-order valence-electron chi connectivity index (χ4n) is 1.74. The molecule has 0 bridgehead atoms. The maximum Gasteiger partial charge on any atom is 0.0647 e. The van der Waals surface area contributed by atoms with E-state index < -0.39 is 0 Å². The minimum Gasteiger partial charge on any atom is -0.397 e. The average Bonchev–Trinajstić information content (AvgIpc) is 2.29. The average molecular weight is 291 g/mol. The second-order valence-corrected chi connectivity index (χ2v) is 4.89. The first-order chi connectivity index (χ1) is 8.09. The van der Waals surface area contributed by atoms with Crippen LogP contribution in [-0.2, 0) is 0 Å². The molecule has 0 aliphatic carbocycles. The summed E-state index contributed by atoms with van der Waals surface area (Å²) in [5.41, 5.74) is 11.1. The van der Waals surface area contributed by atoms with Crippen molar-refractivity contribution in [1.82, 2.24) is 0 Å². The lowest BCUT2D eigenvalue weighted by Gasteiger charge is -2.14. The van der Waals surface area contributed by atoms with Crippen LogP contribution in [0.3, 0.4) is 0 Å². The normalized spacial score (nSPS) is 10.3. The molecule has 3 heteroatoms. The second-order valence-electron chi connectivity index (χ2n) is 4.10. The smallest absolute Gasteiger partial charge is 0.0647 e. The van der Waals surface area contributed by atoms with Gasteiger partial charge in [-0.3, -0.25) is 0 Å². The van der Waals surface area contributed by atoms with E-state index in [9.17, 15) is 0 Å². The SMILES string of the molecule is Cc1cccc(Nc2c(C)cccc2N)c1Br. The fourth-order valence-corrected chi connectivity index (χ4v) is 2.10. The summed E-state index contributed by atoms with van der Waals surface area (Å²) >= 11 is 3.58. The molecule has 0 aromatic heterocycles. The van der Waals surface area contributed by atoms with E-state index >= 15 is 0 Å². The van der Waals surface area contributed by atoms with Crippen molar-refractivity contribution in [3.8, 4) is 0 Å². The van der Waals surface area contributed by atoms with Crippen LogP contribution in [-0.4, -0.2) is 0 Å². The van der Waals surface area contributed by atoms with Crippen LogP contribution < -0.4 is 11.1 Å². The van der Waals surface area contributed by atoms with Gasteiger partial charge in [-0.15, -0.1) is 0 Å². The lowest BCUT2D eigenvalue weighted by Crippen LogP contribution is -1.99. The molecule has 0 saturated heterocycles. The lowest BCUT2D eigenvalue weighted by molar-refractivity contribution is 1.39. The lowest BCUT2D eigenvalue weighted by atomic mass is 10.1. The summed E-state index contributed by atoms with van der Waals surface area (Å²) in [6.07, 6.45) is 0. The van der Waals surface area contributed by atoms with Gasteiger partial charge >= 0.3 is 0 Å². The number of halogens is 1. The Morgan fingerprint density at radius 3 is 2.35 bits per heavy atom. The molecule has 2 aromatic carbocycles. The van der Waals surface area contributed by atoms with Crippen LogP contribution in [0.1, 0.15) is 11.1 Å². The maximum atomic E-state index is 5.98. The molecule has 0 atom stereocenters. The van der Waals surface area contributed by atoms with Crippen molar-refractivity contribution >= 4 is 33.0 Å². The van der Waals surface area contributed by atoms with Crippen LogP contribution >= 0.6 is 15.9 Å². The predicted octanol–water partition coefficient (Wildman–Crippen LogP) is 4.39. The Labute approximate surface area is 110 Å². The first-order valence-corrected chi connectivity index (χ1v) is 6.26. The van der Waals surface area contributed by atoms with Crippen LogP contribution in [0.15, 0.2) is 40.9 Å². The van der Waals surface area contributed by atoms with Crippen molar-refractivity contribution in [1.29, 1.82) is 0 Å². The largest absolute Gasteiger partial charge is 0.397 e. The van der Waals surface area contributed by atoms with Gasteiger partial charge in [0.1, 0.15) is 0 Å². The summed E-state index contributed by atoms with van der Waals surface area (Å²) in [6, 6.07) is 12.0. The van der Waals surface area contributed by atoms with Crippen molar-refractivity contribution in [2.75, 3.05) is 11.1 Å². The van der Waals surface area contributed by atoms with Gasteiger partial charge in [0.15, 0.2) is 0 Å². The molecule has 0 unspecified atom stereocenters. The molecule has 2 nitrogen and oxygen atoms in total. The summed E-state index contributed by atoms with van der Waals surface area (Å²) in [7, 11) is 0. The molecule has 0 heterocycles. The molecule has 0 saturated carbocycles. The number of nitrogens with two attached hydrogens (primary N) is 1. The highest BCUT2D eigenvalue weighted by molar-refractivity contribution is 9.10. The Morgan fingerprint density at radius 1 is 1.00 bits per heavy atom. The number of anilines is 3. The molecule has 3 N–H and O–H groups in total. The predicted molar refractivity (Wildman–Crippen MR) is 77.8 cm³/mol. The van der Waals surface area contributed by atoms with E-state index in [2.05, 4.69) is 34.2 Å². The number of benzene rings is 2. The van der Waals surface area contributed by atoms with Gasteiger partial charge in [0.25, 0.3) is 0 Å². The molecule has 0 amide bonds. The van der Waals surface area contributed by atoms with E-state index in [1.165, 1.54) is 5.56 Å². The van der Waals surface area contributed by atoms with E-state index in [-0.39, 0.29) is 0 Å². The molecule has 0 radical (unpaired) electrons. The van der Waals surface area contributed by atoms with Crippen molar-refractivity contribution < 1.29 is 0 Å². The summed E-state index contributed by atoms with van der Waals surface area (Å²) < 4.78 is 1.07. The number of hydrogen-bond acceptors (Lipinski definition) is 2. The zero-order valence-electron chi connectivity index (χ0n) is 9.92. The Morgan fingerprint density at radius 2 is 1.65 bits per heavy atom. The zero-order chi connectivity index (χ0) is 12.4. The van der Waals surface area contributed by atoms with Crippen molar-refractivity contribution in [2.24, 2.45) is 0 Å². The Hall–Kier alpha value is -1.48. The van der Waals surface area contributed by atoms with E-state index in [4.69, 9.17) is 5.73 Å². The van der Waals surface area contributed by atoms with Gasteiger partial charge in [0.05, 0.1) is 17.1 Å². The van der Waals surface area contributed by atoms with Gasteiger partial charge in [-0.05, 0) is 53.0 Å². The van der Waals surface area contributed by atoms with Crippen LogP contribution in [0.2, 0.25) is 0 Å². The first kappa shape index (κ1) is 12.0. The van der Waals surface area contributed by atoms with E-state index in [1.54, 1.807) is 0 Å².